The average Bonchev–Trinajstić information content (AvgIpc) is 3.27. The molecule has 8 heteroatoms. The Bertz CT molecular complexity index is 815. The molecule has 0 radical (unpaired) electrons. The number of anilines is 1. The summed E-state index contributed by atoms with van der Waals surface area (Å²) in [6.07, 6.45) is 1.33. The van der Waals surface area contributed by atoms with Gasteiger partial charge in [-0.05, 0) is 32.4 Å². The molecule has 2 amide bonds. The molecule has 0 aromatic carbocycles. The number of aromatic nitrogens is 1. The summed E-state index contributed by atoms with van der Waals surface area (Å²) in [6, 6.07) is 3.31. The third-order valence-corrected chi connectivity index (χ3v) is 6.74. The SMILES string of the molecule is Cc1ccc(-c2csc(NC(=O)[C@H]3CS[C@@]4(C)CCC(=O)N34)n2)o1. The van der Waals surface area contributed by atoms with Gasteiger partial charge in [0.15, 0.2) is 10.9 Å². The number of amides is 2. The number of fused-ring (bicyclic) bond motifs is 1. The van der Waals surface area contributed by atoms with Crippen molar-refractivity contribution < 1.29 is 14.0 Å². The predicted molar refractivity (Wildman–Crippen MR) is 93.9 cm³/mol. The van der Waals surface area contributed by atoms with Crippen molar-refractivity contribution in [2.75, 3.05) is 11.1 Å². The van der Waals surface area contributed by atoms with E-state index >= 15 is 0 Å². The molecule has 0 spiro atoms. The Hall–Kier alpha value is -1.80. The van der Waals surface area contributed by atoms with Crippen molar-refractivity contribution in [1.29, 1.82) is 0 Å². The van der Waals surface area contributed by atoms with Gasteiger partial charge in [-0.3, -0.25) is 9.59 Å². The number of nitrogens with zero attached hydrogens (tertiary/aromatic N) is 2. The Labute approximate surface area is 147 Å². The summed E-state index contributed by atoms with van der Waals surface area (Å²) in [5, 5.41) is 5.22. The molecule has 4 heterocycles. The van der Waals surface area contributed by atoms with Crippen LogP contribution < -0.4 is 5.32 Å². The lowest BCUT2D eigenvalue weighted by molar-refractivity contribution is -0.135. The van der Waals surface area contributed by atoms with Crippen molar-refractivity contribution >= 4 is 40.0 Å². The molecular weight excluding hydrogens is 346 g/mol. The topological polar surface area (TPSA) is 75.4 Å². The molecule has 2 aliphatic rings. The molecule has 126 valence electrons. The van der Waals surface area contributed by atoms with Gasteiger partial charge in [-0.2, -0.15) is 0 Å². The zero-order chi connectivity index (χ0) is 16.9. The van der Waals surface area contributed by atoms with Crippen LogP contribution in [0.1, 0.15) is 25.5 Å². The first-order chi connectivity index (χ1) is 11.5. The smallest absolute Gasteiger partial charge is 0.249 e. The standard InChI is InChI=1S/C16H17N3O3S2/c1-9-3-4-12(22-9)10-7-23-15(17-10)18-14(21)11-8-24-16(2)6-5-13(20)19(11)16/h3-4,7,11H,5-6,8H2,1-2H3,(H,17,18,21)/t11-,16+/m1/s1. The first-order valence-electron chi connectivity index (χ1n) is 7.76. The van der Waals surface area contributed by atoms with Gasteiger partial charge in [0.1, 0.15) is 17.5 Å². The normalized spacial score (nSPS) is 26.0. The van der Waals surface area contributed by atoms with Crippen molar-refractivity contribution in [2.24, 2.45) is 0 Å². The number of carbonyl (C=O) groups excluding carboxylic acids is 2. The summed E-state index contributed by atoms with van der Waals surface area (Å²) in [7, 11) is 0. The zero-order valence-corrected chi connectivity index (χ0v) is 15.0. The molecule has 1 N–H and O–H groups in total. The fourth-order valence-corrected chi connectivity index (χ4v) is 5.35. The quantitative estimate of drug-likeness (QED) is 0.907. The van der Waals surface area contributed by atoms with Gasteiger partial charge < -0.3 is 14.6 Å². The van der Waals surface area contributed by atoms with Crippen LogP contribution in [0.25, 0.3) is 11.5 Å². The van der Waals surface area contributed by atoms with Crippen LogP contribution in [0.4, 0.5) is 5.13 Å². The number of rotatable bonds is 3. The van der Waals surface area contributed by atoms with E-state index in [-0.39, 0.29) is 16.7 Å². The van der Waals surface area contributed by atoms with Crippen molar-refractivity contribution in [3.63, 3.8) is 0 Å². The summed E-state index contributed by atoms with van der Waals surface area (Å²) >= 11 is 3.04. The van der Waals surface area contributed by atoms with Crippen molar-refractivity contribution in [3.05, 3.63) is 23.3 Å². The minimum absolute atomic E-state index is 0.0635. The van der Waals surface area contributed by atoms with Crippen molar-refractivity contribution in [3.8, 4) is 11.5 Å². The number of thioether (sulfide) groups is 1. The second kappa shape index (κ2) is 5.63. The van der Waals surface area contributed by atoms with E-state index in [0.29, 0.717) is 28.8 Å². The molecule has 24 heavy (non-hydrogen) atoms. The fraction of sp³-hybridized carbons (Fsp3) is 0.438. The Morgan fingerprint density at radius 2 is 2.33 bits per heavy atom. The molecule has 2 aliphatic heterocycles. The van der Waals surface area contributed by atoms with Gasteiger partial charge >= 0.3 is 0 Å². The number of nitrogens with one attached hydrogen (secondary N) is 1. The van der Waals surface area contributed by atoms with Gasteiger partial charge in [-0.1, -0.05) is 0 Å². The van der Waals surface area contributed by atoms with E-state index in [1.54, 1.807) is 16.7 Å². The Morgan fingerprint density at radius 1 is 1.50 bits per heavy atom. The van der Waals surface area contributed by atoms with Crippen LogP contribution >= 0.6 is 23.1 Å². The number of aryl methyl sites for hydroxylation is 1. The molecule has 6 nitrogen and oxygen atoms in total. The molecule has 2 aromatic rings. The van der Waals surface area contributed by atoms with Crippen molar-refractivity contribution in [1.82, 2.24) is 9.88 Å². The van der Waals surface area contributed by atoms with Crippen LogP contribution in [0.2, 0.25) is 0 Å². The lowest BCUT2D eigenvalue weighted by atomic mass is 10.2. The highest BCUT2D eigenvalue weighted by atomic mass is 32.2. The van der Waals surface area contributed by atoms with E-state index in [1.807, 2.05) is 31.4 Å². The maximum absolute atomic E-state index is 12.6. The lowest BCUT2D eigenvalue weighted by Gasteiger charge is -2.29. The Morgan fingerprint density at radius 3 is 3.08 bits per heavy atom. The highest BCUT2D eigenvalue weighted by Gasteiger charge is 2.52. The molecule has 4 rings (SSSR count). The van der Waals surface area contributed by atoms with Crippen molar-refractivity contribution in [2.45, 2.75) is 37.6 Å². The van der Waals surface area contributed by atoms with Gasteiger partial charge in [0.05, 0.1) is 4.87 Å². The van der Waals surface area contributed by atoms with Gasteiger partial charge in [-0.15, -0.1) is 23.1 Å². The van der Waals surface area contributed by atoms with Crippen LogP contribution in [0.5, 0.6) is 0 Å². The van der Waals surface area contributed by atoms with Crippen LogP contribution in [0, 0.1) is 6.92 Å². The van der Waals surface area contributed by atoms with E-state index in [1.165, 1.54) is 11.3 Å². The lowest BCUT2D eigenvalue weighted by Crippen LogP contribution is -2.48. The van der Waals surface area contributed by atoms with E-state index in [4.69, 9.17) is 4.42 Å². The van der Waals surface area contributed by atoms with Crippen LogP contribution in [0.15, 0.2) is 21.9 Å². The number of thiazole rings is 1. The molecule has 2 atom stereocenters. The highest BCUT2D eigenvalue weighted by Crippen LogP contribution is 2.47. The summed E-state index contributed by atoms with van der Waals surface area (Å²) in [5.74, 6) is 2.02. The van der Waals surface area contributed by atoms with Gasteiger partial charge in [0.2, 0.25) is 11.8 Å². The van der Waals surface area contributed by atoms with Gasteiger partial charge in [0.25, 0.3) is 0 Å². The molecule has 2 saturated heterocycles. The Kier molecular flexibility index (Phi) is 3.69. The maximum atomic E-state index is 12.6. The second-order valence-corrected chi connectivity index (χ2v) is 8.56. The predicted octanol–water partition coefficient (Wildman–Crippen LogP) is 3.10. The summed E-state index contributed by atoms with van der Waals surface area (Å²) in [4.78, 5) is 30.7. The monoisotopic (exact) mass is 363 g/mol. The number of hydrogen-bond acceptors (Lipinski definition) is 6. The summed E-state index contributed by atoms with van der Waals surface area (Å²) in [5.41, 5.74) is 0.700. The average molecular weight is 363 g/mol. The van der Waals surface area contributed by atoms with Gasteiger partial charge in [0, 0.05) is 17.6 Å². The number of hydrogen-bond donors (Lipinski definition) is 1. The van der Waals surface area contributed by atoms with Crippen LogP contribution in [0.3, 0.4) is 0 Å². The largest absolute Gasteiger partial charge is 0.460 e. The van der Waals surface area contributed by atoms with Crippen LogP contribution in [-0.2, 0) is 9.59 Å². The molecule has 2 fully saturated rings. The summed E-state index contributed by atoms with van der Waals surface area (Å²) < 4.78 is 5.55. The van der Waals surface area contributed by atoms with E-state index in [0.717, 1.165) is 12.2 Å². The number of carbonyl (C=O) groups is 2. The van der Waals surface area contributed by atoms with E-state index < -0.39 is 6.04 Å². The minimum atomic E-state index is -0.423. The molecule has 0 unspecified atom stereocenters. The van der Waals surface area contributed by atoms with E-state index in [2.05, 4.69) is 10.3 Å². The Balaban J connectivity index is 1.49. The first-order valence-corrected chi connectivity index (χ1v) is 9.62. The second-order valence-electron chi connectivity index (χ2n) is 6.20. The van der Waals surface area contributed by atoms with Gasteiger partial charge in [-0.25, -0.2) is 4.98 Å². The summed E-state index contributed by atoms with van der Waals surface area (Å²) in [6.45, 7) is 3.91. The first kappa shape index (κ1) is 15.7. The fourth-order valence-electron chi connectivity index (χ4n) is 3.22. The third kappa shape index (κ3) is 2.53. The molecule has 0 aliphatic carbocycles. The maximum Gasteiger partial charge on any atom is 0.249 e. The molecular formula is C16H17N3O3S2. The minimum Gasteiger partial charge on any atom is -0.460 e. The van der Waals surface area contributed by atoms with Crippen LogP contribution in [-0.4, -0.2) is 38.4 Å². The highest BCUT2D eigenvalue weighted by molar-refractivity contribution is 8.01. The zero-order valence-electron chi connectivity index (χ0n) is 13.4. The third-order valence-electron chi connectivity index (χ3n) is 4.47. The molecule has 0 saturated carbocycles. The number of furan rings is 1. The molecule has 2 aromatic heterocycles. The van der Waals surface area contributed by atoms with E-state index in [9.17, 15) is 9.59 Å². The molecule has 0 bridgehead atoms.